The van der Waals surface area contributed by atoms with Gasteiger partial charge in [-0.15, -0.1) is 11.3 Å². The average molecular weight is 230 g/mol. The van der Waals surface area contributed by atoms with Crippen molar-refractivity contribution in [2.24, 2.45) is 0 Å². The summed E-state index contributed by atoms with van der Waals surface area (Å²) in [6.07, 6.45) is 0.873. The minimum Gasteiger partial charge on any atom is -0.476 e. The fourth-order valence-corrected chi connectivity index (χ4v) is 1.91. The summed E-state index contributed by atoms with van der Waals surface area (Å²) >= 11 is 1.36. The minimum absolute atomic E-state index is 0.134. The van der Waals surface area contributed by atoms with Gasteiger partial charge >= 0.3 is 5.97 Å². The molecule has 0 radical (unpaired) electrons. The molecule has 0 aliphatic carbocycles. The van der Waals surface area contributed by atoms with Crippen molar-refractivity contribution in [3.63, 3.8) is 0 Å². The van der Waals surface area contributed by atoms with Crippen molar-refractivity contribution in [2.75, 3.05) is 25.6 Å². The molecule has 0 amide bonds. The Kier molecular flexibility index (Phi) is 4.51. The largest absolute Gasteiger partial charge is 0.476 e. The van der Waals surface area contributed by atoms with E-state index >= 15 is 0 Å². The van der Waals surface area contributed by atoms with Crippen molar-refractivity contribution in [3.8, 4) is 0 Å². The second-order valence-corrected chi connectivity index (χ2v) is 4.21. The highest BCUT2D eigenvalue weighted by Crippen LogP contribution is 2.21. The Balaban J connectivity index is 2.48. The molecule has 0 fully saturated rings. The van der Waals surface area contributed by atoms with Crippen LogP contribution in [0.25, 0.3) is 0 Å². The summed E-state index contributed by atoms with van der Waals surface area (Å²) in [5, 5.41) is 12.5. The lowest BCUT2D eigenvalue weighted by Gasteiger charge is -2.00. The normalized spacial score (nSPS) is 10.3. The van der Waals surface area contributed by atoms with Crippen molar-refractivity contribution < 1.29 is 14.6 Å². The van der Waals surface area contributed by atoms with Crippen LogP contribution < -0.4 is 5.32 Å². The molecule has 1 aromatic rings. The number of thiazole rings is 1. The van der Waals surface area contributed by atoms with Gasteiger partial charge in [0.2, 0.25) is 0 Å². The van der Waals surface area contributed by atoms with Gasteiger partial charge in [0.05, 0.1) is 0 Å². The quantitative estimate of drug-likeness (QED) is 0.726. The molecule has 5 nitrogen and oxygen atoms in total. The Bertz CT molecular complexity index is 338. The van der Waals surface area contributed by atoms with Crippen molar-refractivity contribution >= 4 is 22.4 Å². The number of aromatic nitrogens is 1. The van der Waals surface area contributed by atoms with Gasteiger partial charge < -0.3 is 15.2 Å². The Morgan fingerprint density at radius 3 is 2.93 bits per heavy atom. The molecule has 0 saturated heterocycles. The Labute approximate surface area is 92.1 Å². The highest BCUT2D eigenvalue weighted by molar-refractivity contribution is 7.15. The molecule has 2 N–H and O–H groups in total. The van der Waals surface area contributed by atoms with Gasteiger partial charge in [-0.05, 0) is 13.3 Å². The van der Waals surface area contributed by atoms with Gasteiger partial charge in [-0.25, -0.2) is 9.78 Å². The molecule has 15 heavy (non-hydrogen) atoms. The maximum atomic E-state index is 10.7. The molecule has 0 aliphatic heterocycles. The third-order valence-electron chi connectivity index (χ3n) is 1.80. The van der Waals surface area contributed by atoms with Crippen LogP contribution in [0, 0.1) is 6.92 Å². The van der Waals surface area contributed by atoms with Gasteiger partial charge in [0.1, 0.15) is 0 Å². The zero-order valence-corrected chi connectivity index (χ0v) is 9.56. The van der Waals surface area contributed by atoms with Crippen LogP contribution in [0.5, 0.6) is 0 Å². The Morgan fingerprint density at radius 1 is 1.67 bits per heavy atom. The lowest BCUT2D eigenvalue weighted by Crippen LogP contribution is -2.05. The Morgan fingerprint density at radius 2 is 2.40 bits per heavy atom. The number of carboxylic acid groups (broad SMARTS) is 1. The molecule has 6 heteroatoms. The van der Waals surface area contributed by atoms with Crippen LogP contribution in [0.3, 0.4) is 0 Å². The zero-order chi connectivity index (χ0) is 11.3. The maximum absolute atomic E-state index is 10.7. The van der Waals surface area contributed by atoms with E-state index in [-0.39, 0.29) is 5.69 Å². The second kappa shape index (κ2) is 5.67. The molecule has 0 atom stereocenters. The summed E-state index contributed by atoms with van der Waals surface area (Å²) < 4.78 is 4.90. The van der Waals surface area contributed by atoms with Crippen LogP contribution in [-0.2, 0) is 4.74 Å². The number of nitrogens with zero attached hydrogens (tertiary/aromatic N) is 1. The molecular formula is C9H14N2O3S. The highest BCUT2D eigenvalue weighted by atomic mass is 32.1. The van der Waals surface area contributed by atoms with E-state index in [2.05, 4.69) is 10.3 Å². The fraction of sp³-hybridized carbons (Fsp3) is 0.556. The van der Waals surface area contributed by atoms with E-state index in [9.17, 15) is 4.79 Å². The molecule has 0 unspecified atom stereocenters. The first-order valence-electron chi connectivity index (χ1n) is 4.58. The number of aromatic carboxylic acids is 1. The van der Waals surface area contributed by atoms with Crippen molar-refractivity contribution in [3.05, 3.63) is 10.6 Å². The van der Waals surface area contributed by atoms with Crippen LogP contribution in [0.1, 0.15) is 21.8 Å². The molecule has 1 heterocycles. The summed E-state index contributed by atoms with van der Waals surface area (Å²) in [4.78, 5) is 15.4. The number of rotatable bonds is 6. The topological polar surface area (TPSA) is 71.5 Å². The van der Waals surface area contributed by atoms with Crippen molar-refractivity contribution in [2.45, 2.75) is 13.3 Å². The number of carbonyl (C=O) groups is 1. The van der Waals surface area contributed by atoms with E-state index in [1.807, 2.05) is 0 Å². The fourth-order valence-electron chi connectivity index (χ4n) is 1.08. The van der Waals surface area contributed by atoms with Crippen LogP contribution in [0.4, 0.5) is 5.13 Å². The summed E-state index contributed by atoms with van der Waals surface area (Å²) in [6, 6.07) is 0. The van der Waals surface area contributed by atoms with Crippen LogP contribution in [-0.4, -0.2) is 36.3 Å². The van der Waals surface area contributed by atoms with E-state index in [0.29, 0.717) is 11.7 Å². The van der Waals surface area contributed by atoms with Gasteiger partial charge in [-0.3, -0.25) is 0 Å². The summed E-state index contributed by atoms with van der Waals surface area (Å²) in [6.45, 7) is 3.17. The van der Waals surface area contributed by atoms with E-state index in [0.717, 1.165) is 17.8 Å². The second-order valence-electron chi connectivity index (χ2n) is 3.00. The summed E-state index contributed by atoms with van der Waals surface area (Å²) in [7, 11) is 1.65. The van der Waals surface area contributed by atoms with E-state index < -0.39 is 5.97 Å². The molecule has 0 aromatic carbocycles. The predicted octanol–water partition coefficient (Wildman–Crippen LogP) is 1.60. The summed E-state index contributed by atoms with van der Waals surface area (Å²) in [5.74, 6) is -0.978. The van der Waals surface area contributed by atoms with E-state index in [4.69, 9.17) is 9.84 Å². The van der Waals surface area contributed by atoms with Crippen molar-refractivity contribution in [1.82, 2.24) is 4.98 Å². The SMILES string of the molecule is COCCCNc1nc(C(=O)O)c(C)s1. The first-order chi connectivity index (χ1) is 7.15. The molecule has 84 valence electrons. The summed E-state index contributed by atoms with van der Waals surface area (Å²) in [5.41, 5.74) is 0.134. The third kappa shape index (κ3) is 3.49. The van der Waals surface area contributed by atoms with E-state index in [1.54, 1.807) is 14.0 Å². The highest BCUT2D eigenvalue weighted by Gasteiger charge is 2.13. The number of ether oxygens (including phenoxy) is 1. The number of aryl methyl sites for hydroxylation is 1. The van der Waals surface area contributed by atoms with Crippen molar-refractivity contribution in [1.29, 1.82) is 0 Å². The minimum atomic E-state index is -0.978. The van der Waals surface area contributed by atoms with Crippen LogP contribution in [0.2, 0.25) is 0 Å². The lowest BCUT2D eigenvalue weighted by atomic mass is 10.4. The third-order valence-corrected chi connectivity index (χ3v) is 2.73. The molecule has 0 aliphatic rings. The number of carboxylic acids is 1. The standard InChI is InChI=1S/C9H14N2O3S/c1-6-7(8(12)13)11-9(15-6)10-4-3-5-14-2/h3-5H2,1-2H3,(H,10,11)(H,12,13). The first kappa shape index (κ1) is 11.9. The van der Waals surface area contributed by atoms with Gasteiger partial charge in [0, 0.05) is 25.1 Å². The van der Waals surface area contributed by atoms with Gasteiger partial charge in [0.25, 0.3) is 0 Å². The predicted molar refractivity (Wildman–Crippen MR) is 58.8 cm³/mol. The zero-order valence-electron chi connectivity index (χ0n) is 8.74. The first-order valence-corrected chi connectivity index (χ1v) is 5.40. The number of methoxy groups -OCH3 is 1. The van der Waals surface area contributed by atoms with Gasteiger partial charge in [-0.1, -0.05) is 0 Å². The van der Waals surface area contributed by atoms with Crippen LogP contribution >= 0.6 is 11.3 Å². The number of hydrogen-bond donors (Lipinski definition) is 2. The van der Waals surface area contributed by atoms with Crippen LogP contribution in [0.15, 0.2) is 0 Å². The monoisotopic (exact) mass is 230 g/mol. The molecule has 0 spiro atoms. The van der Waals surface area contributed by atoms with E-state index in [1.165, 1.54) is 11.3 Å². The molecule has 0 bridgehead atoms. The van der Waals surface area contributed by atoms with Gasteiger partial charge in [0.15, 0.2) is 10.8 Å². The molecular weight excluding hydrogens is 216 g/mol. The number of anilines is 1. The number of nitrogens with one attached hydrogen (secondary N) is 1. The lowest BCUT2D eigenvalue weighted by molar-refractivity contribution is 0.0690. The average Bonchev–Trinajstić information content (AvgIpc) is 2.55. The van der Waals surface area contributed by atoms with Gasteiger partial charge in [-0.2, -0.15) is 0 Å². The number of hydrogen-bond acceptors (Lipinski definition) is 5. The molecule has 1 aromatic heterocycles. The molecule has 0 saturated carbocycles. The molecule has 1 rings (SSSR count). The smallest absolute Gasteiger partial charge is 0.355 e. The maximum Gasteiger partial charge on any atom is 0.355 e. The Hall–Kier alpha value is -1.14.